The first-order valence-electron chi connectivity index (χ1n) is 5.38. The zero-order valence-electron chi connectivity index (χ0n) is 9.87. The Labute approximate surface area is 104 Å². The summed E-state index contributed by atoms with van der Waals surface area (Å²) in [5, 5.41) is 0. The molecule has 1 aromatic heterocycles. The van der Waals surface area contributed by atoms with Gasteiger partial charge >= 0.3 is 5.69 Å². The van der Waals surface area contributed by atoms with Crippen molar-refractivity contribution in [2.24, 2.45) is 0 Å². The van der Waals surface area contributed by atoms with Gasteiger partial charge in [-0.25, -0.2) is 9.78 Å². The molecule has 0 atom stereocenters. The van der Waals surface area contributed by atoms with E-state index in [1.54, 1.807) is 37.6 Å². The molecule has 0 radical (unpaired) electrons. The monoisotopic (exact) mass is 244 g/mol. The molecule has 18 heavy (non-hydrogen) atoms. The summed E-state index contributed by atoms with van der Waals surface area (Å²) in [4.78, 5) is 25.9. The second-order valence-electron chi connectivity index (χ2n) is 3.72. The number of methoxy groups -OCH3 is 1. The van der Waals surface area contributed by atoms with Crippen LogP contribution in [-0.4, -0.2) is 22.9 Å². The molecule has 0 N–H and O–H groups in total. The van der Waals surface area contributed by atoms with Gasteiger partial charge in [0, 0.05) is 23.5 Å². The number of nitrogens with zero attached hydrogens (tertiary/aromatic N) is 2. The molecule has 0 amide bonds. The summed E-state index contributed by atoms with van der Waals surface area (Å²) in [7, 11) is 1.55. The minimum absolute atomic E-state index is 0.317. The lowest BCUT2D eigenvalue weighted by atomic mass is 10.1. The fraction of sp³-hybridized carbons (Fsp3) is 0.154. The normalized spacial score (nSPS) is 10.1. The van der Waals surface area contributed by atoms with Crippen LogP contribution in [0.25, 0.3) is 0 Å². The quantitative estimate of drug-likeness (QED) is 0.756. The first-order chi connectivity index (χ1) is 8.74. The molecule has 0 unspecified atom stereocenters. The molecular weight excluding hydrogens is 232 g/mol. The summed E-state index contributed by atoms with van der Waals surface area (Å²) in [6.45, 7) is 0.317. The number of carbonyl (C=O) groups is 1. The van der Waals surface area contributed by atoms with Crippen LogP contribution in [0.5, 0.6) is 5.75 Å². The van der Waals surface area contributed by atoms with Crippen molar-refractivity contribution in [1.29, 1.82) is 0 Å². The highest BCUT2D eigenvalue weighted by Gasteiger charge is 2.06. The Bertz CT molecular complexity index is 620. The number of benzene rings is 1. The largest absolute Gasteiger partial charge is 0.496 e. The van der Waals surface area contributed by atoms with Crippen molar-refractivity contribution < 1.29 is 9.53 Å². The van der Waals surface area contributed by atoms with Gasteiger partial charge in [0.25, 0.3) is 0 Å². The first-order valence-corrected chi connectivity index (χ1v) is 5.38. The van der Waals surface area contributed by atoms with E-state index in [0.29, 0.717) is 17.9 Å². The predicted octanol–water partition coefficient (Wildman–Crippen LogP) is 1.11. The van der Waals surface area contributed by atoms with E-state index in [-0.39, 0.29) is 5.69 Å². The van der Waals surface area contributed by atoms with Gasteiger partial charge in [-0.05, 0) is 24.3 Å². The van der Waals surface area contributed by atoms with Crippen LogP contribution < -0.4 is 10.4 Å². The van der Waals surface area contributed by atoms with Gasteiger partial charge in [-0.2, -0.15) is 0 Å². The maximum Gasteiger partial charge on any atom is 0.347 e. The number of hydrogen-bond donors (Lipinski definition) is 0. The van der Waals surface area contributed by atoms with Gasteiger partial charge in [0.05, 0.1) is 13.7 Å². The third-order valence-corrected chi connectivity index (χ3v) is 2.56. The number of rotatable bonds is 4. The smallest absolute Gasteiger partial charge is 0.347 e. The van der Waals surface area contributed by atoms with Gasteiger partial charge in [0.2, 0.25) is 0 Å². The average Bonchev–Trinajstić information content (AvgIpc) is 2.41. The summed E-state index contributed by atoms with van der Waals surface area (Å²) in [5.41, 5.74) is 0.969. The van der Waals surface area contributed by atoms with Crippen molar-refractivity contribution in [3.05, 3.63) is 58.3 Å². The highest BCUT2D eigenvalue weighted by atomic mass is 16.5. The summed E-state index contributed by atoms with van der Waals surface area (Å²) in [6, 6.07) is 6.75. The fourth-order valence-electron chi connectivity index (χ4n) is 1.69. The van der Waals surface area contributed by atoms with Crippen LogP contribution >= 0.6 is 0 Å². The Morgan fingerprint density at radius 3 is 2.94 bits per heavy atom. The molecule has 0 bridgehead atoms. The molecule has 0 saturated carbocycles. The molecule has 0 saturated heterocycles. The maximum atomic E-state index is 11.5. The highest BCUT2D eigenvalue weighted by molar-refractivity contribution is 5.75. The minimum Gasteiger partial charge on any atom is -0.496 e. The van der Waals surface area contributed by atoms with Crippen LogP contribution in [0, 0.1) is 0 Å². The SMILES string of the molecule is COc1ccc(C=O)cc1Cn1cccnc1=O. The Hall–Kier alpha value is -2.43. The number of hydrogen-bond acceptors (Lipinski definition) is 4. The zero-order valence-corrected chi connectivity index (χ0v) is 9.87. The van der Waals surface area contributed by atoms with Crippen molar-refractivity contribution in [3.63, 3.8) is 0 Å². The van der Waals surface area contributed by atoms with Gasteiger partial charge in [-0.15, -0.1) is 0 Å². The maximum absolute atomic E-state index is 11.5. The van der Waals surface area contributed by atoms with E-state index >= 15 is 0 Å². The van der Waals surface area contributed by atoms with E-state index in [1.165, 1.54) is 10.8 Å². The van der Waals surface area contributed by atoms with Crippen molar-refractivity contribution in [3.8, 4) is 5.75 Å². The molecule has 0 fully saturated rings. The van der Waals surface area contributed by atoms with Crippen molar-refractivity contribution in [2.75, 3.05) is 7.11 Å². The lowest BCUT2D eigenvalue weighted by Gasteiger charge is -2.10. The van der Waals surface area contributed by atoms with E-state index < -0.39 is 0 Å². The van der Waals surface area contributed by atoms with Crippen LogP contribution in [-0.2, 0) is 6.54 Å². The number of carbonyl (C=O) groups excluding carboxylic acids is 1. The first kappa shape index (κ1) is 12.0. The molecule has 0 aliphatic heterocycles. The molecule has 2 rings (SSSR count). The number of aldehydes is 1. The lowest BCUT2D eigenvalue weighted by molar-refractivity contribution is 0.112. The van der Waals surface area contributed by atoms with Crippen LogP contribution in [0.4, 0.5) is 0 Å². The van der Waals surface area contributed by atoms with E-state index in [1.807, 2.05) is 0 Å². The molecule has 0 aliphatic carbocycles. The standard InChI is InChI=1S/C13H12N2O3/c1-18-12-4-3-10(9-16)7-11(12)8-15-6-2-5-14-13(15)17/h2-7,9H,8H2,1H3. The molecule has 5 heteroatoms. The Kier molecular flexibility index (Phi) is 3.52. The van der Waals surface area contributed by atoms with E-state index in [9.17, 15) is 9.59 Å². The molecule has 1 heterocycles. The second kappa shape index (κ2) is 5.27. The van der Waals surface area contributed by atoms with Gasteiger partial charge in [-0.1, -0.05) is 0 Å². The van der Waals surface area contributed by atoms with E-state index in [0.717, 1.165) is 11.8 Å². The molecule has 0 spiro atoms. The van der Waals surface area contributed by atoms with Crippen molar-refractivity contribution >= 4 is 6.29 Å². The topological polar surface area (TPSA) is 61.2 Å². The molecule has 5 nitrogen and oxygen atoms in total. The average molecular weight is 244 g/mol. The minimum atomic E-state index is -0.337. The van der Waals surface area contributed by atoms with Gasteiger partial charge in [-0.3, -0.25) is 9.36 Å². The predicted molar refractivity (Wildman–Crippen MR) is 66.0 cm³/mol. The number of ether oxygens (including phenoxy) is 1. The third-order valence-electron chi connectivity index (χ3n) is 2.56. The van der Waals surface area contributed by atoms with Crippen molar-refractivity contribution in [1.82, 2.24) is 9.55 Å². The van der Waals surface area contributed by atoms with Gasteiger partial charge in [0.1, 0.15) is 12.0 Å². The Morgan fingerprint density at radius 2 is 2.28 bits per heavy atom. The summed E-state index contributed by atoms with van der Waals surface area (Å²) < 4.78 is 6.66. The summed E-state index contributed by atoms with van der Waals surface area (Å²) >= 11 is 0. The highest BCUT2D eigenvalue weighted by Crippen LogP contribution is 2.19. The van der Waals surface area contributed by atoms with Crippen LogP contribution in [0.1, 0.15) is 15.9 Å². The zero-order chi connectivity index (χ0) is 13.0. The van der Waals surface area contributed by atoms with Gasteiger partial charge in [0.15, 0.2) is 0 Å². The fourth-order valence-corrected chi connectivity index (χ4v) is 1.69. The van der Waals surface area contributed by atoms with Crippen LogP contribution in [0.15, 0.2) is 41.5 Å². The van der Waals surface area contributed by atoms with Crippen LogP contribution in [0.3, 0.4) is 0 Å². The lowest BCUT2D eigenvalue weighted by Crippen LogP contribution is -2.22. The van der Waals surface area contributed by atoms with E-state index in [4.69, 9.17) is 4.74 Å². The second-order valence-corrected chi connectivity index (χ2v) is 3.72. The molecule has 2 aromatic rings. The Balaban J connectivity index is 2.41. The number of aromatic nitrogens is 2. The summed E-state index contributed by atoms with van der Waals surface area (Å²) in [6.07, 6.45) is 3.84. The van der Waals surface area contributed by atoms with Crippen LogP contribution in [0.2, 0.25) is 0 Å². The molecule has 0 aliphatic rings. The Morgan fingerprint density at radius 1 is 1.44 bits per heavy atom. The molecule has 1 aromatic carbocycles. The van der Waals surface area contributed by atoms with Gasteiger partial charge < -0.3 is 4.74 Å². The summed E-state index contributed by atoms with van der Waals surface area (Å²) in [5.74, 6) is 0.636. The van der Waals surface area contributed by atoms with Crippen molar-refractivity contribution in [2.45, 2.75) is 6.54 Å². The van der Waals surface area contributed by atoms with E-state index in [2.05, 4.69) is 4.98 Å². The third kappa shape index (κ3) is 2.45. The molecule has 92 valence electrons. The molecular formula is C13H12N2O3.